The van der Waals surface area contributed by atoms with Crippen LogP contribution >= 0.6 is 0 Å². The summed E-state index contributed by atoms with van der Waals surface area (Å²) in [6, 6.07) is 3.58. The lowest BCUT2D eigenvalue weighted by Crippen LogP contribution is -2.40. The number of nitrogens with zero attached hydrogens (tertiary/aromatic N) is 2. The van der Waals surface area contributed by atoms with E-state index in [1.807, 2.05) is 18.9 Å². The Kier molecular flexibility index (Phi) is 7.43. The van der Waals surface area contributed by atoms with Crippen molar-refractivity contribution in [2.24, 2.45) is 10.9 Å². The molecule has 2 rings (SSSR count). The fraction of sp³-hybridized carbons (Fsp3) is 0.611. The molecule has 0 unspecified atom stereocenters. The van der Waals surface area contributed by atoms with Crippen molar-refractivity contribution in [1.82, 2.24) is 10.2 Å². The Balaban J connectivity index is 1.79. The predicted molar refractivity (Wildman–Crippen MR) is 92.2 cm³/mol. The number of ether oxygens (including phenoxy) is 1. The number of likely N-dealkylation sites (N-methyl/N-ethyl adjacent to an activating group) is 1. The average Bonchev–Trinajstić information content (AvgIpc) is 3.34. The van der Waals surface area contributed by atoms with Gasteiger partial charge in [-0.15, -0.1) is 0 Å². The third-order valence-electron chi connectivity index (χ3n) is 3.90. The Bertz CT molecular complexity index is 527. The summed E-state index contributed by atoms with van der Waals surface area (Å²) in [7, 11) is 1.96. The molecule has 0 radical (unpaired) electrons. The van der Waals surface area contributed by atoms with E-state index in [1.165, 1.54) is 25.0 Å². The number of nitrogens with one attached hydrogen (secondary N) is 1. The summed E-state index contributed by atoms with van der Waals surface area (Å²) in [6.07, 6.45) is 3.08. The van der Waals surface area contributed by atoms with Crippen LogP contribution in [0.2, 0.25) is 0 Å². The van der Waals surface area contributed by atoms with Crippen LogP contribution in [0.4, 0.5) is 8.78 Å². The zero-order chi connectivity index (χ0) is 17.4. The molecule has 6 heteroatoms. The molecule has 0 aromatic heterocycles. The quantitative estimate of drug-likeness (QED) is 0.427. The summed E-state index contributed by atoms with van der Waals surface area (Å²) in [4.78, 5) is 6.54. The number of hydrogen-bond donors (Lipinski definition) is 1. The molecular formula is C18H27F2N3O. The van der Waals surface area contributed by atoms with E-state index >= 15 is 0 Å². The van der Waals surface area contributed by atoms with E-state index in [0.717, 1.165) is 37.6 Å². The van der Waals surface area contributed by atoms with Crippen LogP contribution in [0.5, 0.6) is 0 Å². The van der Waals surface area contributed by atoms with E-state index in [1.54, 1.807) is 0 Å². The van der Waals surface area contributed by atoms with Gasteiger partial charge in [-0.2, -0.15) is 0 Å². The predicted octanol–water partition coefficient (Wildman–Crippen LogP) is 2.83. The van der Waals surface area contributed by atoms with Gasteiger partial charge in [-0.3, -0.25) is 4.99 Å². The molecule has 0 heterocycles. The maximum absolute atomic E-state index is 13.2. The number of rotatable bonds is 9. The highest BCUT2D eigenvalue weighted by Crippen LogP contribution is 2.28. The molecule has 134 valence electrons. The highest BCUT2D eigenvalue weighted by Gasteiger charge is 2.21. The van der Waals surface area contributed by atoms with Crippen molar-refractivity contribution in [3.63, 3.8) is 0 Å². The van der Waals surface area contributed by atoms with Gasteiger partial charge in [0.1, 0.15) is 11.6 Å². The third kappa shape index (κ3) is 6.83. The van der Waals surface area contributed by atoms with Crippen LogP contribution in [-0.2, 0) is 11.2 Å². The minimum atomic E-state index is -0.550. The van der Waals surface area contributed by atoms with Gasteiger partial charge in [0, 0.05) is 39.4 Å². The summed E-state index contributed by atoms with van der Waals surface area (Å²) < 4.78 is 32.0. The number of hydrogen-bond acceptors (Lipinski definition) is 2. The molecule has 1 aliphatic carbocycles. The Morgan fingerprint density at radius 3 is 2.62 bits per heavy atom. The van der Waals surface area contributed by atoms with Gasteiger partial charge in [-0.1, -0.05) is 0 Å². The second-order valence-electron chi connectivity index (χ2n) is 6.20. The van der Waals surface area contributed by atoms with Crippen molar-refractivity contribution in [2.45, 2.75) is 26.2 Å². The van der Waals surface area contributed by atoms with Gasteiger partial charge in [0.25, 0.3) is 0 Å². The van der Waals surface area contributed by atoms with Crippen molar-refractivity contribution in [1.29, 1.82) is 0 Å². The standard InChI is InChI=1S/C18H27F2N3O/c1-3-21-18(23(2)8-9-24-13-14-4-5-14)22-7-6-15-10-16(19)12-17(20)11-15/h10-12,14H,3-9,13H2,1-2H3,(H,21,22). The van der Waals surface area contributed by atoms with Gasteiger partial charge in [0.15, 0.2) is 5.96 Å². The van der Waals surface area contributed by atoms with E-state index in [9.17, 15) is 8.78 Å². The summed E-state index contributed by atoms with van der Waals surface area (Å²) in [5.74, 6) is 0.449. The molecule has 1 N–H and O–H groups in total. The topological polar surface area (TPSA) is 36.9 Å². The van der Waals surface area contributed by atoms with Crippen LogP contribution in [0.3, 0.4) is 0 Å². The smallest absolute Gasteiger partial charge is 0.193 e. The van der Waals surface area contributed by atoms with Crippen molar-refractivity contribution in [3.05, 3.63) is 35.4 Å². The average molecular weight is 339 g/mol. The largest absolute Gasteiger partial charge is 0.379 e. The monoisotopic (exact) mass is 339 g/mol. The summed E-state index contributed by atoms with van der Waals surface area (Å²) in [5.41, 5.74) is 0.613. The molecule has 24 heavy (non-hydrogen) atoms. The first-order valence-electron chi connectivity index (χ1n) is 8.60. The van der Waals surface area contributed by atoms with Crippen molar-refractivity contribution < 1.29 is 13.5 Å². The van der Waals surface area contributed by atoms with Crippen molar-refractivity contribution in [2.75, 3.05) is 39.9 Å². The van der Waals surface area contributed by atoms with Gasteiger partial charge < -0.3 is 15.0 Å². The van der Waals surface area contributed by atoms with E-state index in [2.05, 4.69) is 10.3 Å². The molecule has 1 aromatic rings. The van der Waals surface area contributed by atoms with Gasteiger partial charge in [0.05, 0.1) is 6.61 Å². The van der Waals surface area contributed by atoms with Crippen LogP contribution in [-0.4, -0.2) is 50.8 Å². The third-order valence-corrected chi connectivity index (χ3v) is 3.90. The van der Waals surface area contributed by atoms with Crippen LogP contribution < -0.4 is 5.32 Å². The maximum Gasteiger partial charge on any atom is 0.193 e. The zero-order valence-electron chi connectivity index (χ0n) is 14.5. The fourth-order valence-electron chi connectivity index (χ4n) is 2.36. The Labute approximate surface area is 142 Å². The molecule has 1 aromatic carbocycles. The maximum atomic E-state index is 13.2. The van der Waals surface area contributed by atoms with E-state index in [0.29, 0.717) is 25.1 Å². The summed E-state index contributed by atoms with van der Waals surface area (Å²) in [6.45, 7) is 5.53. The van der Waals surface area contributed by atoms with Crippen LogP contribution in [0.1, 0.15) is 25.3 Å². The van der Waals surface area contributed by atoms with Crippen molar-refractivity contribution in [3.8, 4) is 0 Å². The first-order valence-corrected chi connectivity index (χ1v) is 8.60. The number of aliphatic imine (C=N–C) groups is 1. The highest BCUT2D eigenvalue weighted by molar-refractivity contribution is 5.79. The molecule has 1 aliphatic rings. The second-order valence-corrected chi connectivity index (χ2v) is 6.20. The molecule has 0 bridgehead atoms. The highest BCUT2D eigenvalue weighted by atomic mass is 19.1. The number of benzene rings is 1. The summed E-state index contributed by atoms with van der Waals surface area (Å²) >= 11 is 0. The lowest BCUT2D eigenvalue weighted by molar-refractivity contribution is 0.115. The van der Waals surface area contributed by atoms with E-state index in [4.69, 9.17) is 4.74 Å². The molecule has 1 fully saturated rings. The Hall–Kier alpha value is -1.69. The SMILES string of the molecule is CCNC(=NCCc1cc(F)cc(F)c1)N(C)CCOCC1CC1. The first-order chi connectivity index (χ1) is 11.6. The van der Waals surface area contributed by atoms with Gasteiger partial charge >= 0.3 is 0 Å². The number of guanidine groups is 1. The van der Waals surface area contributed by atoms with E-state index in [-0.39, 0.29) is 0 Å². The number of halogens is 2. The first kappa shape index (κ1) is 18.6. The minimum absolute atomic E-state index is 0.471. The second kappa shape index (κ2) is 9.57. The lowest BCUT2D eigenvalue weighted by Gasteiger charge is -2.22. The molecule has 4 nitrogen and oxygen atoms in total. The van der Waals surface area contributed by atoms with Gasteiger partial charge in [0.2, 0.25) is 0 Å². The van der Waals surface area contributed by atoms with Crippen molar-refractivity contribution >= 4 is 5.96 Å². The fourth-order valence-corrected chi connectivity index (χ4v) is 2.36. The molecule has 0 amide bonds. The Morgan fingerprint density at radius 1 is 1.29 bits per heavy atom. The van der Waals surface area contributed by atoms with Crippen LogP contribution in [0, 0.1) is 17.6 Å². The lowest BCUT2D eigenvalue weighted by atomic mass is 10.1. The molecule has 0 saturated heterocycles. The minimum Gasteiger partial charge on any atom is -0.379 e. The molecule has 0 aliphatic heterocycles. The van der Waals surface area contributed by atoms with Gasteiger partial charge in [-0.05, 0) is 49.8 Å². The van der Waals surface area contributed by atoms with E-state index < -0.39 is 11.6 Å². The summed E-state index contributed by atoms with van der Waals surface area (Å²) in [5, 5.41) is 3.23. The normalized spacial score (nSPS) is 14.8. The molecular weight excluding hydrogens is 312 g/mol. The molecule has 1 saturated carbocycles. The molecule has 0 spiro atoms. The molecule has 0 atom stereocenters. The Morgan fingerprint density at radius 2 is 2.00 bits per heavy atom. The van der Waals surface area contributed by atoms with Crippen LogP contribution in [0.25, 0.3) is 0 Å². The van der Waals surface area contributed by atoms with Gasteiger partial charge in [-0.25, -0.2) is 8.78 Å². The van der Waals surface area contributed by atoms with Crippen LogP contribution in [0.15, 0.2) is 23.2 Å². The zero-order valence-corrected chi connectivity index (χ0v) is 14.5.